The second kappa shape index (κ2) is 4.52. The first-order valence-corrected chi connectivity index (χ1v) is 5.39. The molecule has 102 valence electrons. The lowest BCUT2D eigenvalue weighted by atomic mass is 10.2. The van der Waals surface area contributed by atoms with Crippen molar-refractivity contribution >= 4 is 17.7 Å². The lowest BCUT2D eigenvalue weighted by Crippen LogP contribution is -2.39. The fourth-order valence-corrected chi connectivity index (χ4v) is 1.90. The van der Waals surface area contributed by atoms with E-state index in [-0.39, 0.29) is 18.7 Å². The number of rotatable bonds is 2. The van der Waals surface area contributed by atoms with Gasteiger partial charge in [-0.05, 0) is 18.6 Å². The van der Waals surface area contributed by atoms with Gasteiger partial charge in [0.2, 0.25) is 5.91 Å². The molecular formula is C11H9F3N2O3. The highest BCUT2D eigenvalue weighted by Crippen LogP contribution is 2.31. The molecule has 0 aromatic carbocycles. The van der Waals surface area contributed by atoms with Gasteiger partial charge in [0, 0.05) is 12.6 Å². The summed E-state index contributed by atoms with van der Waals surface area (Å²) in [4.78, 5) is 27.0. The average molecular weight is 274 g/mol. The normalized spacial score (nSPS) is 19.8. The molecule has 0 aliphatic carbocycles. The van der Waals surface area contributed by atoms with E-state index < -0.39 is 29.7 Å². The molecule has 1 aromatic heterocycles. The number of carboxylic acid groups (broad SMARTS) is 1. The molecule has 1 unspecified atom stereocenters. The molecule has 0 radical (unpaired) electrons. The van der Waals surface area contributed by atoms with Gasteiger partial charge in [-0.25, -0.2) is 9.78 Å². The van der Waals surface area contributed by atoms with Crippen molar-refractivity contribution in [1.29, 1.82) is 0 Å². The van der Waals surface area contributed by atoms with Crippen molar-refractivity contribution in [3.63, 3.8) is 0 Å². The summed E-state index contributed by atoms with van der Waals surface area (Å²) in [6.07, 6.45) is -3.77. The second-order valence-electron chi connectivity index (χ2n) is 4.06. The first kappa shape index (κ1) is 13.3. The van der Waals surface area contributed by atoms with Crippen molar-refractivity contribution in [2.45, 2.75) is 25.1 Å². The third-order valence-electron chi connectivity index (χ3n) is 2.82. The van der Waals surface area contributed by atoms with Crippen LogP contribution in [0.15, 0.2) is 18.3 Å². The van der Waals surface area contributed by atoms with Crippen LogP contribution in [0.3, 0.4) is 0 Å². The minimum atomic E-state index is -4.52. The van der Waals surface area contributed by atoms with Crippen molar-refractivity contribution in [3.05, 3.63) is 23.9 Å². The maximum Gasteiger partial charge on any atom is 0.417 e. The third kappa shape index (κ3) is 2.51. The van der Waals surface area contributed by atoms with Gasteiger partial charge in [-0.3, -0.25) is 9.69 Å². The van der Waals surface area contributed by atoms with E-state index in [1.165, 1.54) is 0 Å². The van der Waals surface area contributed by atoms with Crippen molar-refractivity contribution in [2.24, 2.45) is 0 Å². The molecule has 0 bridgehead atoms. The van der Waals surface area contributed by atoms with Crippen LogP contribution in [0.4, 0.5) is 19.0 Å². The quantitative estimate of drug-likeness (QED) is 0.890. The Hall–Kier alpha value is -2.12. The molecule has 0 spiro atoms. The van der Waals surface area contributed by atoms with Gasteiger partial charge < -0.3 is 5.11 Å². The Labute approximate surface area is 105 Å². The molecule has 1 atom stereocenters. The zero-order valence-corrected chi connectivity index (χ0v) is 9.52. The number of halogens is 3. The molecule has 0 saturated carbocycles. The molecule has 1 amide bonds. The summed E-state index contributed by atoms with van der Waals surface area (Å²) in [5.74, 6) is -1.74. The van der Waals surface area contributed by atoms with Crippen LogP contribution in [0.5, 0.6) is 0 Å². The summed E-state index contributed by atoms with van der Waals surface area (Å²) >= 11 is 0. The van der Waals surface area contributed by atoms with Crippen LogP contribution >= 0.6 is 0 Å². The summed E-state index contributed by atoms with van der Waals surface area (Å²) in [7, 11) is 0. The molecule has 1 aliphatic heterocycles. The van der Waals surface area contributed by atoms with E-state index in [4.69, 9.17) is 5.11 Å². The lowest BCUT2D eigenvalue weighted by molar-refractivity contribution is -0.139. The summed E-state index contributed by atoms with van der Waals surface area (Å²) in [6.45, 7) is 0. The zero-order chi connectivity index (χ0) is 14.2. The number of carbonyl (C=O) groups is 2. The van der Waals surface area contributed by atoms with Gasteiger partial charge in [0.1, 0.15) is 11.9 Å². The third-order valence-corrected chi connectivity index (χ3v) is 2.82. The van der Waals surface area contributed by atoms with Crippen LogP contribution in [0.2, 0.25) is 0 Å². The Kier molecular flexibility index (Phi) is 3.17. The van der Waals surface area contributed by atoms with Crippen molar-refractivity contribution in [1.82, 2.24) is 4.98 Å². The number of nitrogens with zero attached hydrogens (tertiary/aromatic N) is 2. The smallest absolute Gasteiger partial charge is 0.417 e. The number of carbonyl (C=O) groups excluding carboxylic acids is 1. The van der Waals surface area contributed by atoms with Gasteiger partial charge in [-0.15, -0.1) is 0 Å². The van der Waals surface area contributed by atoms with Crippen LogP contribution in [0, 0.1) is 0 Å². The van der Waals surface area contributed by atoms with E-state index in [1.54, 1.807) is 0 Å². The predicted molar refractivity (Wildman–Crippen MR) is 57.4 cm³/mol. The highest BCUT2D eigenvalue weighted by atomic mass is 19.4. The number of pyridine rings is 1. The summed E-state index contributed by atoms with van der Waals surface area (Å²) in [6, 6.07) is 0.700. The highest BCUT2D eigenvalue weighted by molar-refractivity contribution is 6.01. The molecule has 19 heavy (non-hydrogen) atoms. The minimum absolute atomic E-state index is 0.0413. The average Bonchev–Trinajstić information content (AvgIpc) is 2.70. The second-order valence-corrected chi connectivity index (χ2v) is 4.06. The summed E-state index contributed by atoms with van der Waals surface area (Å²) in [5.41, 5.74) is -0.949. The molecule has 1 saturated heterocycles. The standard InChI is InChI=1S/C11H9F3N2O3/c12-11(13,14)6-1-3-8(15-5-6)16-7(10(18)19)2-4-9(16)17/h1,3,5,7H,2,4H2,(H,18,19). The van der Waals surface area contributed by atoms with E-state index in [0.717, 1.165) is 17.0 Å². The molecule has 5 nitrogen and oxygen atoms in total. The van der Waals surface area contributed by atoms with Gasteiger partial charge in [0.05, 0.1) is 5.56 Å². The topological polar surface area (TPSA) is 70.5 Å². The molecular weight excluding hydrogens is 265 g/mol. The maximum absolute atomic E-state index is 12.4. The Morgan fingerprint density at radius 2 is 2.11 bits per heavy atom. The number of hydrogen-bond donors (Lipinski definition) is 1. The lowest BCUT2D eigenvalue weighted by Gasteiger charge is -2.20. The molecule has 1 aliphatic rings. The number of aliphatic carboxylic acids is 1. The predicted octanol–water partition coefficient (Wildman–Crippen LogP) is 1.68. The van der Waals surface area contributed by atoms with Crippen molar-refractivity contribution in [3.8, 4) is 0 Å². The van der Waals surface area contributed by atoms with E-state index in [2.05, 4.69) is 4.98 Å². The number of hydrogen-bond acceptors (Lipinski definition) is 3. The Balaban J connectivity index is 2.31. The van der Waals surface area contributed by atoms with E-state index >= 15 is 0 Å². The van der Waals surface area contributed by atoms with Gasteiger partial charge in [-0.1, -0.05) is 0 Å². The van der Waals surface area contributed by atoms with Crippen molar-refractivity contribution < 1.29 is 27.9 Å². The summed E-state index contributed by atoms with van der Waals surface area (Å²) < 4.78 is 37.1. The maximum atomic E-state index is 12.4. The van der Waals surface area contributed by atoms with Gasteiger partial charge in [0.15, 0.2) is 0 Å². The molecule has 1 aromatic rings. The minimum Gasteiger partial charge on any atom is -0.480 e. The molecule has 2 rings (SSSR count). The summed E-state index contributed by atoms with van der Waals surface area (Å²) in [5, 5.41) is 8.94. The van der Waals surface area contributed by atoms with E-state index in [0.29, 0.717) is 6.20 Å². The Bertz CT molecular complexity index is 513. The number of anilines is 1. The van der Waals surface area contributed by atoms with Crippen LogP contribution < -0.4 is 4.90 Å². The number of alkyl halides is 3. The fourth-order valence-electron chi connectivity index (χ4n) is 1.90. The number of amides is 1. The molecule has 2 heterocycles. The first-order valence-electron chi connectivity index (χ1n) is 5.39. The van der Waals surface area contributed by atoms with Crippen molar-refractivity contribution in [2.75, 3.05) is 4.90 Å². The zero-order valence-electron chi connectivity index (χ0n) is 9.52. The Morgan fingerprint density at radius 3 is 2.58 bits per heavy atom. The van der Waals surface area contributed by atoms with Gasteiger partial charge >= 0.3 is 12.1 Å². The fraction of sp³-hybridized carbons (Fsp3) is 0.364. The van der Waals surface area contributed by atoms with Gasteiger partial charge in [-0.2, -0.15) is 13.2 Å². The Morgan fingerprint density at radius 1 is 1.42 bits per heavy atom. The largest absolute Gasteiger partial charge is 0.480 e. The molecule has 1 fully saturated rings. The number of aromatic nitrogens is 1. The van der Waals surface area contributed by atoms with E-state index in [1.807, 2.05) is 0 Å². The van der Waals surface area contributed by atoms with Crippen LogP contribution in [-0.2, 0) is 15.8 Å². The van der Waals surface area contributed by atoms with Gasteiger partial charge in [0.25, 0.3) is 0 Å². The highest BCUT2D eigenvalue weighted by Gasteiger charge is 2.38. The van der Waals surface area contributed by atoms with Crippen LogP contribution in [0.25, 0.3) is 0 Å². The number of carboxylic acids is 1. The SMILES string of the molecule is O=C(O)C1CCC(=O)N1c1ccc(C(F)(F)F)cn1. The monoisotopic (exact) mass is 274 g/mol. The van der Waals surface area contributed by atoms with Crippen LogP contribution in [-0.4, -0.2) is 28.0 Å². The first-order chi connectivity index (χ1) is 8.80. The van der Waals surface area contributed by atoms with Crippen LogP contribution in [0.1, 0.15) is 18.4 Å². The van der Waals surface area contributed by atoms with E-state index in [9.17, 15) is 22.8 Å². The molecule has 8 heteroatoms. The molecule has 1 N–H and O–H groups in total.